The molecule has 434 valence electrons. The van der Waals surface area contributed by atoms with Crippen LogP contribution in [0.3, 0.4) is 0 Å². The van der Waals surface area contributed by atoms with Crippen LogP contribution in [0.5, 0.6) is 6.01 Å². The number of carbonyl (C=O) groups is 4. The zero-order valence-electron chi connectivity index (χ0n) is 47.7. The van der Waals surface area contributed by atoms with E-state index in [0.717, 1.165) is 109 Å². The van der Waals surface area contributed by atoms with Crippen molar-refractivity contribution in [3.63, 3.8) is 0 Å². The van der Waals surface area contributed by atoms with Gasteiger partial charge in [0.2, 0.25) is 12.3 Å². The molecule has 2 bridgehead atoms. The number of carbonyl (C=O) groups excluding carboxylic acids is 4. The Morgan fingerprint density at radius 1 is 0.963 bits per heavy atom. The van der Waals surface area contributed by atoms with Crippen molar-refractivity contribution in [1.29, 1.82) is 0 Å². The second-order valence-corrected chi connectivity index (χ2v) is 21.8. The van der Waals surface area contributed by atoms with Crippen LogP contribution in [-0.4, -0.2) is 192 Å². The lowest BCUT2D eigenvalue weighted by Gasteiger charge is -2.39. The van der Waals surface area contributed by atoms with Crippen LogP contribution >= 0.6 is 0 Å². The SMILES string of the molecule is C#Cc1c(F)ccc2cccc(-c3ncc4c(N5CC6CCC(C5)N6)nc(OC)nc4c3F)c12.C=O.CNCCN(CCOCC1CCC2CCCN21)C1CCN(Cc2ccc(N(C=O)C(CCC=O)C(=O)NC)c(N(C)C)c2)CC1. The number of benzene rings is 3. The van der Waals surface area contributed by atoms with E-state index in [1.54, 1.807) is 37.5 Å². The van der Waals surface area contributed by atoms with E-state index in [4.69, 9.17) is 20.7 Å². The van der Waals surface area contributed by atoms with Gasteiger partial charge in [-0.15, -0.1) is 6.42 Å². The summed E-state index contributed by atoms with van der Waals surface area (Å²) in [6.07, 6.45) is 19.0. The van der Waals surface area contributed by atoms with Crippen LogP contribution in [0.15, 0.2) is 54.7 Å². The zero-order valence-corrected chi connectivity index (χ0v) is 47.7. The highest BCUT2D eigenvalue weighted by atomic mass is 19.1. The number of hydrogen-bond donors (Lipinski definition) is 3. The minimum absolute atomic E-state index is 0.0484. The van der Waals surface area contributed by atoms with Crippen molar-refractivity contribution in [2.24, 2.45) is 0 Å². The van der Waals surface area contributed by atoms with Gasteiger partial charge in [-0.2, -0.15) is 9.97 Å². The lowest BCUT2D eigenvalue weighted by Crippen LogP contribution is -2.51. The fourth-order valence-electron chi connectivity index (χ4n) is 12.7. The van der Waals surface area contributed by atoms with Gasteiger partial charge in [-0.05, 0) is 114 Å². The molecule has 0 radical (unpaired) electrons. The summed E-state index contributed by atoms with van der Waals surface area (Å²) < 4.78 is 42.1. The summed E-state index contributed by atoms with van der Waals surface area (Å²) in [6.45, 7) is 12.3. The Bertz CT molecular complexity index is 2980. The molecule has 0 saturated carbocycles. The Morgan fingerprint density at radius 2 is 1.74 bits per heavy atom. The number of anilines is 3. The fraction of sp³-hybridized carbons (Fsp3) is 0.525. The molecule has 5 fully saturated rings. The topological polar surface area (TPSA) is 181 Å². The van der Waals surface area contributed by atoms with Gasteiger partial charge < -0.3 is 49.7 Å². The van der Waals surface area contributed by atoms with Crippen LogP contribution in [-0.2, 0) is 30.5 Å². The van der Waals surface area contributed by atoms with Gasteiger partial charge in [0.1, 0.15) is 42.0 Å². The van der Waals surface area contributed by atoms with Crippen molar-refractivity contribution in [3.05, 3.63) is 77.5 Å². The number of fused-ring (bicyclic) bond motifs is 5. The van der Waals surface area contributed by atoms with E-state index in [1.807, 2.05) is 38.9 Å². The Kier molecular flexibility index (Phi) is 21.5. The van der Waals surface area contributed by atoms with Gasteiger partial charge in [-0.25, -0.2) is 8.78 Å². The van der Waals surface area contributed by atoms with Crippen molar-refractivity contribution < 1.29 is 37.4 Å². The third-order valence-corrected chi connectivity index (χ3v) is 16.8. The number of piperidine rings is 1. The van der Waals surface area contributed by atoms with Crippen molar-refractivity contribution in [1.82, 2.24) is 45.6 Å². The number of halogens is 2. The second kappa shape index (κ2) is 28.8. The third kappa shape index (κ3) is 14.0. The first-order valence-electron chi connectivity index (χ1n) is 28.5. The maximum atomic E-state index is 16.1. The molecule has 20 heteroatoms. The number of hydrogen-bond acceptors (Lipinski definition) is 16. The summed E-state index contributed by atoms with van der Waals surface area (Å²) in [5.74, 6) is 1.56. The van der Waals surface area contributed by atoms with Gasteiger partial charge in [0.15, 0.2) is 5.82 Å². The number of amides is 2. The summed E-state index contributed by atoms with van der Waals surface area (Å²) in [4.78, 5) is 70.7. The molecule has 2 amide bonds. The van der Waals surface area contributed by atoms with Crippen molar-refractivity contribution in [3.8, 4) is 29.6 Å². The van der Waals surface area contributed by atoms with Crippen LogP contribution in [0.1, 0.15) is 75.3 Å². The predicted molar refractivity (Wildman–Crippen MR) is 314 cm³/mol. The molecule has 10 rings (SSSR count). The van der Waals surface area contributed by atoms with Gasteiger partial charge in [0.05, 0.1) is 42.6 Å². The van der Waals surface area contributed by atoms with Crippen molar-refractivity contribution >= 4 is 64.3 Å². The normalized spacial score (nSPS) is 20.2. The monoisotopic (exact) mass is 1110 g/mol. The lowest BCUT2D eigenvalue weighted by molar-refractivity contribution is -0.123. The molecule has 5 aliphatic heterocycles. The minimum Gasteiger partial charge on any atom is -0.467 e. The van der Waals surface area contributed by atoms with Crippen LogP contribution in [0.25, 0.3) is 32.9 Å². The molecule has 5 atom stereocenters. The number of rotatable bonds is 22. The summed E-state index contributed by atoms with van der Waals surface area (Å²) in [5, 5.41) is 11.2. The number of terminal acetylenes is 1. The van der Waals surface area contributed by atoms with Gasteiger partial charge in [0.25, 0.3) is 0 Å². The van der Waals surface area contributed by atoms with Crippen LogP contribution < -0.4 is 35.4 Å². The standard InChI is InChI=1S/C34H57N7O4.C26H21F2N5O.CH2O/c1-35-15-19-39(20-22-45-25-30-11-10-29-7-5-16-40(29)30)28-13-17-38(18-14-28)24-27-9-12-31(33(23-27)37(3)4)41(26-43)32(8-6-21-42)34(44)36-2;1-3-17-20(27)10-7-14-5-4-6-18(21(14)17)23-22(28)24-19(11-29-23)25(32-26(31-24)34-2)33-12-15-8-9-16(13-33)30-15;1-2/h9,12,21,23,26,28-30,32,35H,5-8,10-11,13-20,22,24-25H2,1-4H3,(H,36,44);1,4-7,10-11,15-16,30H,8-9,12-13H2,2H3;1H2. The van der Waals surface area contributed by atoms with Gasteiger partial charge >= 0.3 is 6.01 Å². The number of nitrogens with one attached hydrogen (secondary N) is 3. The third-order valence-electron chi connectivity index (χ3n) is 16.8. The molecule has 5 saturated heterocycles. The Labute approximate surface area is 475 Å². The Morgan fingerprint density at radius 3 is 2.43 bits per heavy atom. The van der Waals surface area contributed by atoms with E-state index >= 15 is 4.39 Å². The molecule has 5 aromatic rings. The van der Waals surface area contributed by atoms with E-state index in [2.05, 4.69) is 68.6 Å². The number of methoxy groups -OCH3 is 1. The number of aldehydes is 1. The highest BCUT2D eigenvalue weighted by molar-refractivity contribution is 6.02. The highest BCUT2D eigenvalue weighted by Crippen LogP contribution is 2.38. The van der Waals surface area contributed by atoms with Gasteiger partial charge in [-0.3, -0.25) is 29.3 Å². The first kappa shape index (κ1) is 60.4. The summed E-state index contributed by atoms with van der Waals surface area (Å²) in [6, 6.07) is 16.4. The first-order chi connectivity index (χ1) is 39.5. The van der Waals surface area contributed by atoms with Gasteiger partial charge in [0, 0.05) is 114 Å². The van der Waals surface area contributed by atoms with E-state index in [9.17, 15) is 18.8 Å². The van der Waals surface area contributed by atoms with Crippen LogP contribution in [0.2, 0.25) is 0 Å². The smallest absolute Gasteiger partial charge is 0.318 e. The average molecular weight is 1120 g/mol. The molecule has 2 aromatic heterocycles. The maximum Gasteiger partial charge on any atom is 0.318 e. The summed E-state index contributed by atoms with van der Waals surface area (Å²) >= 11 is 0. The Hall–Kier alpha value is -6.73. The molecule has 0 spiro atoms. The van der Waals surface area contributed by atoms with E-state index < -0.39 is 17.7 Å². The lowest BCUT2D eigenvalue weighted by atomic mass is 9.96. The highest BCUT2D eigenvalue weighted by Gasteiger charge is 2.37. The quantitative estimate of drug-likeness (QED) is 0.0429. The molecule has 5 unspecified atom stereocenters. The number of ether oxygens (including phenoxy) is 2. The molecule has 0 aliphatic carbocycles. The molecule has 5 aliphatic rings. The largest absolute Gasteiger partial charge is 0.467 e. The van der Waals surface area contributed by atoms with Crippen LogP contribution in [0.4, 0.5) is 26.0 Å². The van der Waals surface area contributed by atoms with Crippen molar-refractivity contribution in [2.75, 3.05) is 116 Å². The minimum atomic E-state index is -0.752. The van der Waals surface area contributed by atoms with E-state index in [-0.39, 0.29) is 41.5 Å². The van der Waals surface area contributed by atoms with Crippen LogP contribution in [0, 0.1) is 24.0 Å². The molecule has 3 N–H and O–H groups in total. The molecule has 7 heterocycles. The predicted octanol–water partition coefficient (Wildman–Crippen LogP) is 5.81. The number of nitrogens with zero attached hydrogens (tertiary/aromatic N) is 9. The zero-order chi connectivity index (χ0) is 57.6. The fourth-order valence-corrected chi connectivity index (χ4v) is 12.7. The van der Waals surface area contributed by atoms with Crippen molar-refractivity contribution in [2.45, 2.75) is 107 Å². The van der Waals surface area contributed by atoms with Gasteiger partial charge in [-0.1, -0.05) is 36.3 Å². The number of likely N-dealkylation sites (N-methyl/N-ethyl adjacent to an activating group) is 2. The molecule has 81 heavy (non-hydrogen) atoms. The number of aromatic nitrogens is 3. The summed E-state index contributed by atoms with van der Waals surface area (Å²) in [7, 11) is 8.91. The number of pyridine rings is 1. The Balaban J connectivity index is 0.000000213. The molecule has 3 aromatic carbocycles. The first-order valence-corrected chi connectivity index (χ1v) is 28.5. The summed E-state index contributed by atoms with van der Waals surface area (Å²) in [5.41, 5.74) is 3.33. The number of piperazine rings is 1. The van der Waals surface area contributed by atoms with E-state index in [1.165, 1.54) is 55.9 Å². The second-order valence-electron chi connectivity index (χ2n) is 21.8. The molecular weight excluding hydrogens is 1030 g/mol. The maximum absolute atomic E-state index is 16.1. The number of likely N-dealkylation sites (tertiary alicyclic amines) is 1. The molecular formula is C61H80F2N12O6. The average Bonchev–Trinajstić information content (AvgIpc) is 4.40. The molecule has 18 nitrogen and oxygen atoms in total. The van der Waals surface area contributed by atoms with E-state index in [0.29, 0.717) is 63.8 Å².